The van der Waals surface area contributed by atoms with Crippen molar-refractivity contribution in [1.82, 2.24) is 14.8 Å². The first-order chi connectivity index (χ1) is 26.5. The number of alkyl halides is 6. The Morgan fingerprint density at radius 2 is 1.59 bits per heavy atom. The van der Waals surface area contributed by atoms with E-state index in [1.54, 1.807) is 31.2 Å². The fourth-order valence-corrected chi connectivity index (χ4v) is 8.29. The summed E-state index contributed by atoms with van der Waals surface area (Å²) in [6.07, 6.45) is -6.93. The Balaban J connectivity index is 1.31. The molecule has 2 aromatic carbocycles. The largest absolute Gasteiger partial charge is 0.490 e. The van der Waals surface area contributed by atoms with Gasteiger partial charge in [-0.25, -0.2) is 0 Å². The van der Waals surface area contributed by atoms with Gasteiger partial charge in [-0.15, -0.1) is 0 Å². The molecule has 6 rings (SSSR count). The zero-order valence-corrected chi connectivity index (χ0v) is 30.6. The number of rotatable bonds is 10. The smallest absolute Gasteiger partial charge is 0.418 e. The number of benzene rings is 2. The highest BCUT2D eigenvalue weighted by Crippen LogP contribution is 2.44. The molecule has 3 aromatic rings. The molecule has 1 saturated carbocycles. The Labute approximate surface area is 319 Å². The standard InChI is InChI=1S/C40H43F6N3O7/c1-2-7-32-38(56-27-15-12-26(13-16-27)39(41,42)43,17-6-21-49(32)34(50)33-30(40(44,45)46)9-5-20-47-33)36(53)48-22-18-37(54,19-23-48)29-8-3-4-10-31(29)55-28-14-11-25(24-28)35(51)52/h3-5,8-10,12-13,15-16,20,25,28,32,54H,2,6-7,11,14,17-19,21-24H2,1H3,(H,51,52)/t25-,28-,32+,38-/m0/s1. The highest BCUT2D eigenvalue weighted by molar-refractivity contribution is 5.96. The summed E-state index contributed by atoms with van der Waals surface area (Å²) in [7, 11) is 0. The average molecular weight is 792 g/mol. The number of aliphatic carboxylic acids is 1. The molecule has 302 valence electrons. The van der Waals surface area contributed by atoms with Crippen molar-refractivity contribution in [3.05, 3.63) is 89.2 Å². The maximum absolute atomic E-state index is 15.0. The number of ether oxygens (including phenoxy) is 2. The Hall–Kier alpha value is -4.86. The van der Waals surface area contributed by atoms with E-state index in [1.165, 1.54) is 9.80 Å². The van der Waals surface area contributed by atoms with E-state index in [0.717, 1.165) is 42.6 Å². The van der Waals surface area contributed by atoms with Crippen LogP contribution in [0.2, 0.25) is 0 Å². The number of amides is 2. The molecule has 0 bridgehead atoms. The van der Waals surface area contributed by atoms with E-state index in [0.29, 0.717) is 37.0 Å². The molecule has 1 aromatic heterocycles. The number of aromatic nitrogens is 1. The molecule has 16 heteroatoms. The summed E-state index contributed by atoms with van der Waals surface area (Å²) >= 11 is 0. The van der Waals surface area contributed by atoms with Gasteiger partial charge in [0.25, 0.3) is 11.8 Å². The first-order valence-corrected chi connectivity index (χ1v) is 18.7. The highest BCUT2D eigenvalue weighted by Gasteiger charge is 2.56. The van der Waals surface area contributed by atoms with E-state index in [9.17, 15) is 50.9 Å². The van der Waals surface area contributed by atoms with Crippen LogP contribution in [0.1, 0.15) is 91.9 Å². The molecular weight excluding hydrogens is 748 g/mol. The summed E-state index contributed by atoms with van der Waals surface area (Å²) < 4.78 is 95.3. The van der Waals surface area contributed by atoms with Gasteiger partial charge >= 0.3 is 18.3 Å². The number of nitrogens with zero attached hydrogens (tertiary/aromatic N) is 3. The van der Waals surface area contributed by atoms with Crippen molar-refractivity contribution in [3.8, 4) is 11.5 Å². The van der Waals surface area contributed by atoms with Gasteiger partial charge in [-0.05, 0) is 87.4 Å². The summed E-state index contributed by atoms with van der Waals surface area (Å²) in [6, 6.07) is 11.3. The van der Waals surface area contributed by atoms with E-state index >= 15 is 0 Å². The van der Waals surface area contributed by atoms with Crippen molar-refractivity contribution < 1.29 is 60.4 Å². The molecule has 2 saturated heterocycles. The first-order valence-electron chi connectivity index (χ1n) is 18.7. The second-order valence-corrected chi connectivity index (χ2v) is 14.7. The first kappa shape index (κ1) is 40.8. The van der Waals surface area contributed by atoms with E-state index in [-0.39, 0.29) is 63.6 Å². The second-order valence-electron chi connectivity index (χ2n) is 14.7. The fourth-order valence-electron chi connectivity index (χ4n) is 8.29. The van der Waals surface area contributed by atoms with Crippen LogP contribution in [0, 0.1) is 5.92 Å². The van der Waals surface area contributed by atoms with E-state index in [2.05, 4.69) is 4.98 Å². The van der Waals surface area contributed by atoms with Gasteiger partial charge in [-0.3, -0.25) is 19.4 Å². The third kappa shape index (κ3) is 8.30. The number of carbonyl (C=O) groups is 3. The number of hydrogen-bond acceptors (Lipinski definition) is 7. The van der Waals surface area contributed by atoms with Gasteiger partial charge in [0.2, 0.25) is 5.60 Å². The molecular formula is C40H43F6N3O7. The van der Waals surface area contributed by atoms with Crippen LogP contribution in [-0.4, -0.2) is 80.2 Å². The van der Waals surface area contributed by atoms with Crippen LogP contribution >= 0.6 is 0 Å². The van der Waals surface area contributed by atoms with Gasteiger partial charge in [0.05, 0.1) is 34.8 Å². The number of carbonyl (C=O) groups excluding carboxylic acids is 2. The lowest BCUT2D eigenvalue weighted by Gasteiger charge is -2.51. The number of para-hydroxylation sites is 1. The maximum Gasteiger partial charge on any atom is 0.418 e. The quantitative estimate of drug-likeness (QED) is 0.202. The summed E-state index contributed by atoms with van der Waals surface area (Å²) in [4.78, 5) is 47.0. The van der Waals surface area contributed by atoms with Crippen molar-refractivity contribution in [2.24, 2.45) is 5.92 Å². The van der Waals surface area contributed by atoms with Crippen LogP contribution in [0.5, 0.6) is 11.5 Å². The number of carboxylic acid groups (broad SMARTS) is 1. The van der Waals surface area contributed by atoms with E-state index < -0.39 is 70.1 Å². The number of hydrogen-bond donors (Lipinski definition) is 2. The van der Waals surface area contributed by atoms with Gasteiger partial charge in [-0.1, -0.05) is 31.5 Å². The molecule has 3 aliphatic rings. The minimum absolute atomic E-state index is 0.00812. The molecule has 2 aliphatic heterocycles. The molecule has 0 unspecified atom stereocenters. The molecule has 10 nitrogen and oxygen atoms in total. The summed E-state index contributed by atoms with van der Waals surface area (Å²) in [6.45, 7) is 1.70. The van der Waals surface area contributed by atoms with Gasteiger partial charge in [-0.2, -0.15) is 26.3 Å². The average Bonchev–Trinajstić information content (AvgIpc) is 3.64. The van der Waals surface area contributed by atoms with Crippen molar-refractivity contribution in [3.63, 3.8) is 0 Å². The molecule has 2 N–H and O–H groups in total. The Bertz CT molecular complexity index is 1900. The van der Waals surface area contributed by atoms with E-state index in [1.807, 2.05) is 0 Å². The molecule has 56 heavy (non-hydrogen) atoms. The molecule has 3 heterocycles. The molecule has 0 radical (unpaired) electrons. The summed E-state index contributed by atoms with van der Waals surface area (Å²) in [5.41, 5.74) is -5.99. The SMILES string of the molecule is CCC[C@H]1N(C(=O)c2ncccc2C(F)(F)F)CCC[C@@]1(Oc1ccc(C(F)(F)F)cc1)C(=O)N1CCC(O)(c2ccccc2O[C@H]2CC[C@H](C(=O)O)C2)CC1. The predicted octanol–water partition coefficient (Wildman–Crippen LogP) is 7.48. The zero-order chi connectivity index (χ0) is 40.5. The number of piperidine rings is 2. The third-order valence-electron chi connectivity index (χ3n) is 11.1. The van der Waals surface area contributed by atoms with Crippen molar-refractivity contribution in [1.29, 1.82) is 0 Å². The Morgan fingerprint density at radius 1 is 0.893 bits per heavy atom. The minimum Gasteiger partial charge on any atom is -0.490 e. The van der Waals surface area contributed by atoms with Crippen molar-refractivity contribution in [2.75, 3.05) is 19.6 Å². The summed E-state index contributed by atoms with van der Waals surface area (Å²) in [5.74, 6) is -2.82. The topological polar surface area (TPSA) is 130 Å². The van der Waals surface area contributed by atoms with Gasteiger partial charge in [0.15, 0.2) is 0 Å². The monoisotopic (exact) mass is 791 g/mol. The molecule has 1 aliphatic carbocycles. The van der Waals surface area contributed by atoms with Crippen LogP contribution < -0.4 is 9.47 Å². The number of halogens is 6. The molecule has 2 amide bonds. The van der Waals surface area contributed by atoms with Crippen LogP contribution in [0.4, 0.5) is 26.3 Å². The van der Waals surface area contributed by atoms with Crippen molar-refractivity contribution >= 4 is 17.8 Å². The van der Waals surface area contributed by atoms with Gasteiger partial charge in [0.1, 0.15) is 17.2 Å². The van der Waals surface area contributed by atoms with Gasteiger partial charge in [0, 0.05) is 37.8 Å². The lowest BCUT2D eigenvalue weighted by Crippen LogP contribution is -2.68. The summed E-state index contributed by atoms with van der Waals surface area (Å²) in [5, 5.41) is 21.5. The Morgan fingerprint density at radius 3 is 2.21 bits per heavy atom. The molecule has 0 spiro atoms. The van der Waals surface area contributed by atoms with Crippen LogP contribution in [-0.2, 0) is 27.5 Å². The number of carboxylic acids is 1. The minimum atomic E-state index is -4.91. The lowest BCUT2D eigenvalue weighted by molar-refractivity contribution is -0.163. The highest BCUT2D eigenvalue weighted by atomic mass is 19.4. The zero-order valence-electron chi connectivity index (χ0n) is 30.6. The predicted molar refractivity (Wildman–Crippen MR) is 189 cm³/mol. The normalized spacial score (nSPS) is 24.1. The van der Waals surface area contributed by atoms with Crippen LogP contribution in [0.25, 0.3) is 0 Å². The fraction of sp³-hybridized carbons (Fsp3) is 0.500. The lowest BCUT2D eigenvalue weighted by atomic mass is 9.78. The number of likely N-dealkylation sites (tertiary alicyclic amines) is 2. The third-order valence-corrected chi connectivity index (χ3v) is 11.1. The van der Waals surface area contributed by atoms with Crippen LogP contribution in [0.3, 0.4) is 0 Å². The number of pyridine rings is 1. The second kappa shape index (κ2) is 15.9. The Kier molecular flexibility index (Phi) is 11.6. The number of aliphatic hydroxyl groups is 1. The molecule has 3 fully saturated rings. The van der Waals surface area contributed by atoms with Crippen LogP contribution in [0.15, 0.2) is 66.9 Å². The van der Waals surface area contributed by atoms with Gasteiger partial charge < -0.3 is 29.5 Å². The van der Waals surface area contributed by atoms with E-state index in [4.69, 9.17) is 9.47 Å². The maximum atomic E-state index is 15.0. The molecule has 4 atom stereocenters. The van der Waals surface area contributed by atoms with Crippen molar-refractivity contribution in [2.45, 2.75) is 100 Å².